The summed E-state index contributed by atoms with van der Waals surface area (Å²) in [5.74, 6) is -1.32. The summed E-state index contributed by atoms with van der Waals surface area (Å²) in [5, 5.41) is 11.9. The monoisotopic (exact) mass is 156 g/mol. The van der Waals surface area contributed by atoms with Gasteiger partial charge < -0.3 is 15.4 Å². The Morgan fingerprint density at radius 2 is 2.55 bits per heavy atom. The molecule has 0 saturated carbocycles. The predicted molar refractivity (Wildman–Crippen MR) is 36.1 cm³/mol. The number of aromatic nitrogens is 1. The lowest BCUT2D eigenvalue weighted by molar-refractivity contribution is 0.0652. The first-order valence-electron chi connectivity index (χ1n) is 3.06. The van der Waals surface area contributed by atoms with Gasteiger partial charge in [0.1, 0.15) is 5.69 Å². The van der Waals surface area contributed by atoms with Gasteiger partial charge in [0.15, 0.2) is 0 Å². The smallest absolute Gasteiger partial charge is 0.374 e. The summed E-state index contributed by atoms with van der Waals surface area (Å²) in [6.07, 6.45) is 0. The maximum Gasteiger partial charge on any atom is 0.374 e. The minimum absolute atomic E-state index is 0.183. The number of nitrogens with zero attached hydrogens (tertiary/aromatic N) is 1. The van der Waals surface area contributed by atoms with Gasteiger partial charge in [-0.3, -0.25) is 0 Å². The van der Waals surface area contributed by atoms with Crippen molar-refractivity contribution in [2.24, 2.45) is 5.73 Å². The molecule has 1 atom stereocenters. The van der Waals surface area contributed by atoms with Gasteiger partial charge in [0, 0.05) is 12.1 Å². The normalized spacial score (nSPS) is 12.9. The fourth-order valence-electron chi connectivity index (χ4n) is 0.604. The number of rotatable bonds is 2. The van der Waals surface area contributed by atoms with Gasteiger partial charge >= 0.3 is 5.97 Å². The van der Waals surface area contributed by atoms with Crippen LogP contribution in [0.1, 0.15) is 29.2 Å². The minimum Gasteiger partial charge on any atom is -0.475 e. The highest BCUT2D eigenvalue weighted by Gasteiger charge is 2.12. The van der Waals surface area contributed by atoms with Gasteiger partial charge in [0.2, 0.25) is 5.76 Å². The molecule has 3 N–H and O–H groups in total. The molecule has 5 heteroatoms. The van der Waals surface area contributed by atoms with Gasteiger partial charge in [-0.15, -0.1) is 0 Å². The summed E-state index contributed by atoms with van der Waals surface area (Å²) in [6, 6.07) is 1.01. The zero-order chi connectivity index (χ0) is 8.43. The zero-order valence-electron chi connectivity index (χ0n) is 5.94. The number of hydrogen-bond donors (Lipinski definition) is 2. The second-order valence-electron chi connectivity index (χ2n) is 2.21. The van der Waals surface area contributed by atoms with Crippen LogP contribution in [0.25, 0.3) is 0 Å². The molecule has 0 fully saturated rings. The van der Waals surface area contributed by atoms with E-state index in [-0.39, 0.29) is 11.8 Å². The zero-order valence-corrected chi connectivity index (χ0v) is 5.94. The van der Waals surface area contributed by atoms with Gasteiger partial charge in [-0.25, -0.2) is 4.79 Å². The molecule has 60 valence electrons. The van der Waals surface area contributed by atoms with Crippen molar-refractivity contribution >= 4 is 5.97 Å². The maximum atomic E-state index is 10.3. The molecule has 1 rings (SSSR count). The van der Waals surface area contributed by atoms with Gasteiger partial charge in [-0.1, -0.05) is 5.16 Å². The van der Waals surface area contributed by atoms with E-state index < -0.39 is 5.97 Å². The van der Waals surface area contributed by atoms with Crippen LogP contribution in [0.3, 0.4) is 0 Å². The molecule has 1 heterocycles. The maximum absolute atomic E-state index is 10.3. The Morgan fingerprint density at radius 1 is 1.91 bits per heavy atom. The molecule has 0 aliphatic carbocycles. The van der Waals surface area contributed by atoms with Gasteiger partial charge in [0.25, 0.3) is 0 Å². The molecule has 0 aliphatic rings. The van der Waals surface area contributed by atoms with Crippen LogP contribution in [0, 0.1) is 0 Å². The summed E-state index contributed by atoms with van der Waals surface area (Å²) in [4.78, 5) is 10.3. The predicted octanol–water partition coefficient (Wildman–Crippen LogP) is 0.393. The van der Waals surface area contributed by atoms with Gasteiger partial charge in [0.05, 0.1) is 0 Å². The van der Waals surface area contributed by atoms with Crippen molar-refractivity contribution in [3.8, 4) is 0 Å². The summed E-state index contributed by atoms with van der Waals surface area (Å²) < 4.78 is 4.46. The average molecular weight is 156 g/mol. The lowest BCUT2D eigenvalue weighted by atomic mass is 10.2. The Kier molecular flexibility index (Phi) is 1.91. The molecule has 5 nitrogen and oxygen atoms in total. The quantitative estimate of drug-likeness (QED) is 0.646. The Balaban J connectivity index is 2.90. The van der Waals surface area contributed by atoms with Crippen molar-refractivity contribution < 1.29 is 14.4 Å². The van der Waals surface area contributed by atoms with E-state index in [1.807, 2.05) is 0 Å². The Labute approximate surface area is 62.8 Å². The first kappa shape index (κ1) is 7.74. The molecule has 0 aromatic carbocycles. The van der Waals surface area contributed by atoms with Crippen LogP contribution >= 0.6 is 0 Å². The summed E-state index contributed by atoms with van der Waals surface area (Å²) in [6.45, 7) is 1.70. The Bertz CT molecular complexity index is 267. The lowest BCUT2D eigenvalue weighted by Gasteiger charge is -1.93. The van der Waals surface area contributed by atoms with E-state index in [0.717, 1.165) is 0 Å². The number of aromatic carboxylic acids is 1. The minimum atomic E-state index is -1.13. The van der Waals surface area contributed by atoms with Crippen molar-refractivity contribution in [1.29, 1.82) is 0 Å². The number of carboxylic acids is 1. The van der Waals surface area contributed by atoms with Crippen molar-refractivity contribution in [1.82, 2.24) is 5.16 Å². The first-order chi connectivity index (χ1) is 5.11. The van der Waals surface area contributed by atoms with E-state index >= 15 is 0 Å². The lowest BCUT2D eigenvalue weighted by Crippen LogP contribution is -2.04. The van der Waals surface area contributed by atoms with E-state index in [0.29, 0.717) is 5.69 Å². The summed E-state index contributed by atoms with van der Waals surface area (Å²) >= 11 is 0. The fraction of sp³-hybridized carbons (Fsp3) is 0.333. The van der Waals surface area contributed by atoms with Crippen molar-refractivity contribution in [3.05, 3.63) is 17.5 Å². The molecule has 1 aromatic heterocycles. The molecule has 1 aromatic rings. The van der Waals surface area contributed by atoms with E-state index in [4.69, 9.17) is 10.8 Å². The third-order valence-corrected chi connectivity index (χ3v) is 1.21. The van der Waals surface area contributed by atoms with Crippen LogP contribution < -0.4 is 5.73 Å². The Morgan fingerprint density at radius 3 is 2.82 bits per heavy atom. The van der Waals surface area contributed by atoms with Crippen LogP contribution in [0.5, 0.6) is 0 Å². The molecule has 0 amide bonds. The summed E-state index contributed by atoms with van der Waals surface area (Å²) in [7, 11) is 0. The van der Waals surface area contributed by atoms with Crippen LogP contribution in [0.2, 0.25) is 0 Å². The second-order valence-corrected chi connectivity index (χ2v) is 2.21. The molecule has 0 aliphatic heterocycles. The highest BCUT2D eigenvalue weighted by Crippen LogP contribution is 2.09. The van der Waals surface area contributed by atoms with Crippen LogP contribution in [0.15, 0.2) is 10.6 Å². The van der Waals surface area contributed by atoms with E-state index in [9.17, 15) is 4.79 Å². The number of hydrogen-bond acceptors (Lipinski definition) is 4. The second kappa shape index (κ2) is 2.71. The highest BCUT2D eigenvalue weighted by atomic mass is 16.5. The first-order valence-corrected chi connectivity index (χ1v) is 3.06. The van der Waals surface area contributed by atoms with E-state index in [1.165, 1.54) is 6.07 Å². The molecule has 0 saturated heterocycles. The molecule has 1 unspecified atom stereocenters. The average Bonchev–Trinajstić information content (AvgIpc) is 2.33. The standard InChI is InChI=1S/C6H8N2O3/c1-3(7)4-2-5(6(9)10)11-8-4/h2-3H,7H2,1H3,(H,9,10). The van der Waals surface area contributed by atoms with E-state index in [2.05, 4.69) is 9.68 Å². The third-order valence-electron chi connectivity index (χ3n) is 1.21. The Hall–Kier alpha value is -1.36. The molecular weight excluding hydrogens is 148 g/mol. The molecule has 0 spiro atoms. The van der Waals surface area contributed by atoms with Crippen LogP contribution in [-0.2, 0) is 0 Å². The van der Waals surface area contributed by atoms with Crippen LogP contribution in [-0.4, -0.2) is 16.2 Å². The van der Waals surface area contributed by atoms with Gasteiger partial charge in [-0.2, -0.15) is 0 Å². The fourth-order valence-corrected chi connectivity index (χ4v) is 0.604. The van der Waals surface area contributed by atoms with Crippen molar-refractivity contribution in [2.75, 3.05) is 0 Å². The van der Waals surface area contributed by atoms with Crippen molar-refractivity contribution in [3.63, 3.8) is 0 Å². The van der Waals surface area contributed by atoms with Crippen LogP contribution in [0.4, 0.5) is 0 Å². The summed E-state index contributed by atoms with van der Waals surface area (Å²) in [5.41, 5.74) is 5.86. The molecule has 11 heavy (non-hydrogen) atoms. The highest BCUT2D eigenvalue weighted by molar-refractivity contribution is 5.84. The van der Waals surface area contributed by atoms with Gasteiger partial charge in [-0.05, 0) is 6.92 Å². The number of carboxylic acid groups (broad SMARTS) is 1. The largest absolute Gasteiger partial charge is 0.475 e. The topological polar surface area (TPSA) is 89.4 Å². The van der Waals surface area contributed by atoms with Crippen molar-refractivity contribution in [2.45, 2.75) is 13.0 Å². The molecular formula is C6H8N2O3. The third kappa shape index (κ3) is 1.56. The molecule has 0 radical (unpaired) electrons. The molecule has 0 bridgehead atoms. The SMILES string of the molecule is CC(N)c1cc(C(=O)O)on1. The van der Waals surface area contributed by atoms with E-state index in [1.54, 1.807) is 6.92 Å². The number of nitrogens with two attached hydrogens (primary N) is 1. The number of carbonyl (C=O) groups is 1.